The van der Waals surface area contributed by atoms with E-state index in [4.69, 9.17) is 57.6 Å². The minimum Gasteiger partial charge on any atom is -0.789 e. The lowest BCUT2D eigenvalue weighted by molar-refractivity contribution is -0.143. The van der Waals surface area contributed by atoms with E-state index in [2.05, 4.69) is 123 Å². The summed E-state index contributed by atoms with van der Waals surface area (Å²) in [6, 6.07) is 0. The Balaban J connectivity index is -0.0000000665. The highest BCUT2D eigenvalue weighted by Gasteiger charge is 2.01. The SMILES string of the molecule is C.C.C.C#CCO.C#CCO.C#CCOC(=O)CCC.C#CCOC(=O)CCC.C#CCOC(=O)CCC.C#CCOC(=O)CCC.C/C=C/C(=O)NCCCCCCN.C/C=C/C(=O)NCCCCCCNC.C/C=C/C(=O)NCCCCCCNC.CCC(=O)O.CCC(=O)O.CI.NCCCCCCNC(=O)/C=C/C[S-]. The molecule has 26 nitrogen and oxygen atoms in total. The van der Waals surface area contributed by atoms with Crippen molar-refractivity contribution in [2.75, 3.05) is 117 Å². The van der Waals surface area contributed by atoms with Crippen LogP contribution in [0.1, 0.15) is 252 Å². The van der Waals surface area contributed by atoms with Gasteiger partial charge in [-0.3, -0.25) is 47.9 Å². The predicted octanol–water partition coefficient (Wildman–Crippen LogP) is 11.8. The standard InChI is InChI=1S/2C11H22N2O.C10H20N2OS.C10H20N2O.4C7H10O2.2C3H6O2.2C3H4O.CH3I.3CH4/c2*1-3-8-11(14)13-10-7-5-4-6-9-12-2;11-7-3-1-2-4-8-12-10(13)6-5-9-14;1-2-7-10(13)12-9-6-4-3-5-8-11;4*1-3-5-7(8)9-6-4-2;2*1-2-3(4)5;2*1-2-3-4;1-2;;;/h2*3,8,12H,4-7,9-10H2,1-2H3,(H,13,14);5-6,14H,1-4,7-9,11H2,(H,12,13);2,7H,3-6,8-9,11H2,1H3,(H,12,13);4*2H,3,5-6H2,1H3;2*2H2,1H3,(H,4,5);2*1,4H,3H2;1H3;3*1H4/p-1/b2*8-3+;6-5+;7-2+;;;;;;;;;;;;. The number of esters is 4. The Kier molecular flexibility index (Phi) is 190. The number of halogens is 1. The van der Waals surface area contributed by atoms with Gasteiger partial charge in [-0.1, -0.05) is 192 Å². The highest BCUT2D eigenvalue weighted by molar-refractivity contribution is 14.1. The first kappa shape index (κ1) is 144. The highest BCUT2D eigenvalue weighted by Crippen LogP contribution is 2.00. The smallest absolute Gasteiger partial charge is 0.306 e. The Labute approximate surface area is 712 Å². The number of nitrogens with one attached hydrogen (secondary N) is 6. The van der Waals surface area contributed by atoms with Crippen LogP contribution in [0.15, 0.2) is 48.6 Å². The van der Waals surface area contributed by atoms with Crippen LogP contribution >= 0.6 is 22.6 Å². The minimum atomic E-state index is -0.745. The maximum absolute atomic E-state index is 11.0. The van der Waals surface area contributed by atoms with Crippen molar-refractivity contribution in [3.63, 3.8) is 0 Å². The Bertz CT molecular complexity index is 2290. The minimum absolute atomic E-state index is 0. The van der Waals surface area contributed by atoms with E-state index in [9.17, 15) is 47.9 Å². The number of aliphatic hydroxyl groups excluding tert-OH is 2. The molecule has 0 aromatic carbocycles. The third-order valence-corrected chi connectivity index (χ3v) is 11.5. The topological polar surface area (TPSA) is 413 Å². The lowest BCUT2D eigenvalue weighted by atomic mass is 10.2. The second kappa shape index (κ2) is 150. The van der Waals surface area contributed by atoms with Crippen molar-refractivity contribution in [2.45, 2.75) is 252 Å². The van der Waals surface area contributed by atoms with Crippen LogP contribution in [0.4, 0.5) is 0 Å². The van der Waals surface area contributed by atoms with E-state index in [0.717, 1.165) is 142 Å². The number of ether oxygens (including phenoxy) is 4. The third kappa shape index (κ3) is 207. The monoisotopic (exact) mass is 1750 g/mol. The van der Waals surface area contributed by atoms with Crippen LogP contribution in [0.3, 0.4) is 0 Å². The number of hydrogen-bond acceptors (Lipinski definition) is 21. The normalized spacial score (nSPS) is 8.74. The van der Waals surface area contributed by atoms with Gasteiger partial charge in [0, 0.05) is 64.7 Å². The first-order chi connectivity index (χ1) is 53.3. The number of carboxylic acid groups (broad SMARTS) is 2. The summed E-state index contributed by atoms with van der Waals surface area (Å²) >= 11 is 6.82. The van der Waals surface area contributed by atoms with Crippen molar-refractivity contribution in [1.82, 2.24) is 31.9 Å². The van der Waals surface area contributed by atoms with E-state index in [0.29, 0.717) is 31.4 Å². The summed E-state index contributed by atoms with van der Waals surface area (Å²) in [6.45, 7) is 23.3. The number of rotatable bonds is 45. The molecule has 0 heterocycles. The van der Waals surface area contributed by atoms with E-state index in [1.807, 2.05) is 79.3 Å². The summed E-state index contributed by atoms with van der Waals surface area (Å²) in [5.41, 5.74) is 10.7. The lowest BCUT2D eigenvalue weighted by Crippen LogP contribution is -2.22. The average Bonchev–Trinajstić information content (AvgIpc) is 1.20. The molecule has 0 unspecified atom stereocenters. The quantitative estimate of drug-likeness (QED) is 0.00394. The van der Waals surface area contributed by atoms with Gasteiger partial charge in [-0.25, -0.2) is 0 Å². The van der Waals surface area contributed by atoms with Gasteiger partial charge >= 0.3 is 35.8 Å². The third-order valence-electron chi connectivity index (χ3n) is 11.4. The zero-order valence-corrected chi connectivity index (χ0v) is 72.5. The molecule has 0 aliphatic heterocycles. The van der Waals surface area contributed by atoms with E-state index < -0.39 is 11.9 Å². The molecular weight excluding hydrogens is 1590 g/mol. The van der Waals surface area contributed by atoms with Gasteiger partial charge in [0.05, 0.1) is 0 Å². The van der Waals surface area contributed by atoms with Crippen molar-refractivity contribution in [1.29, 1.82) is 0 Å². The van der Waals surface area contributed by atoms with Gasteiger partial charge in [0.15, 0.2) is 26.4 Å². The zero-order valence-electron chi connectivity index (χ0n) is 69.5. The Morgan fingerprint density at radius 3 is 0.719 bits per heavy atom. The van der Waals surface area contributed by atoms with Crippen LogP contribution in [0.2, 0.25) is 0 Å². The second-order valence-electron chi connectivity index (χ2n) is 21.4. The molecule has 0 aliphatic rings. The number of aliphatic hydroxyl groups is 2. The molecule has 0 fully saturated rings. The van der Waals surface area contributed by atoms with Crippen molar-refractivity contribution < 1.29 is 87.3 Å². The van der Waals surface area contributed by atoms with Crippen LogP contribution < -0.4 is 43.4 Å². The maximum atomic E-state index is 11.0. The number of allylic oxidation sites excluding steroid dienone is 3. The molecule has 0 aromatic heterocycles. The fraction of sp³-hybridized carbons (Fsp3) is 0.651. The first-order valence-corrected chi connectivity index (χ1v) is 40.3. The number of carbonyl (C=O) groups excluding carboxylic acids is 8. The number of aliphatic carboxylic acids is 2. The number of carbonyl (C=O) groups is 10. The van der Waals surface area contributed by atoms with Gasteiger partial charge in [-0.15, -0.1) is 44.6 Å². The lowest BCUT2D eigenvalue weighted by Gasteiger charge is -2.02. The van der Waals surface area contributed by atoms with Crippen molar-refractivity contribution in [2.24, 2.45) is 11.5 Å². The zero-order chi connectivity index (χ0) is 87.7. The van der Waals surface area contributed by atoms with E-state index in [-0.39, 0.29) is 122 Å². The summed E-state index contributed by atoms with van der Waals surface area (Å²) < 4.78 is 18.2. The van der Waals surface area contributed by atoms with E-state index in [1.165, 1.54) is 44.6 Å². The van der Waals surface area contributed by atoms with Gasteiger partial charge in [0.1, 0.15) is 13.2 Å². The van der Waals surface area contributed by atoms with Gasteiger partial charge in [0.25, 0.3) is 0 Å². The maximum Gasteiger partial charge on any atom is 0.306 e. The molecular formula is C86H158IN8O18S-. The molecule has 28 heteroatoms. The largest absolute Gasteiger partial charge is 0.789 e. The molecule has 0 rings (SSSR count). The summed E-state index contributed by atoms with van der Waals surface area (Å²) in [5.74, 6) is 11.0. The Morgan fingerprint density at radius 2 is 0.570 bits per heavy atom. The van der Waals surface area contributed by atoms with Crippen molar-refractivity contribution >= 4 is 94.7 Å². The van der Waals surface area contributed by atoms with Crippen LogP contribution in [-0.4, -0.2) is 197 Å². The molecule has 0 saturated carbocycles. The molecule has 0 bridgehead atoms. The molecule has 0 spiro atoms. The molecule has 0 aromatic rings. The molecule has 0 saturated heterocycles. The van der Waals surface area contributed by atoms with Gasteiger partial charge in [0.2, 0.25) is 23.6 Å². The molecule has 664 valence electrons. The number of unbranched alkanes of at least 4 members (excludes halogenated alkanes) is 12. The molecule has 0 atom stereocenters. The van der Waals surface area contributed by atoms with Crippen LogP contribution in [0.5, 0.6) is 0 Å². The van der Waals surface area contributed by atoms with Gasteiger partial charge < -0.3 is 95.4 Å². The molecule has 0 radical (unpaired) electrons. The number of nitrogens with two attached hydrogens (primary N) is 2. The van der Waals surface area contributed by atoms with Gasteiger partial charge in [-0.2, -0.15) is 5.75 Å². The summed E-state index contributed by atoms with van der Waals surface area (Å²) in [7, 11) is 3.94. The number of amides is 4. The number of hydrogen-bond donors (Lipinski definition) is 12. The predicted molar refractivity (Wildman–Crippen MR) is 484 cm³/mol. The number of carboxylic acids is 2. The van der Waals surface area contributed by atoms with Crippen LogP contribution in [0.25, 0.3) is 0 Å². The molecule has 0 aliphatic carbocycles. The second-order valence-corrected chi connectivity index (χ2v) is 21.7. The van der Waals surface area contributed by atoms with Crippen LogP contribution in [-0.2, 0) is 79.5 Å². The average molecular weight is 1750 g/mol. The number of alkyl halides is 1. The van der Waals surface area contributed by atoms with Gasteiger partial charge in [-0.05, 0) is 167 Å². The first-order valence-electron chi connectivity index (χ1n) is 37.5. The molecule has 14 N–H and O–H groups in total. The van der Waals surface area contributed by atoms with E-state index in [1.54, 1.807) is 56.4 Å². The Morgan fingerprint density at radius 1 is 0.377 bits per heavy atom. The summed E-state index contributed by atoms with van der Waals surface area (Å²) in [4.78, 5) is 107. The fourth-order valence-electron chi connectivity index (χ4n) is 6.09. The van der Waals surface area contributed by atoms with Crippen LogP contribution in [0, 0.1) is 74.1 Å². The van der Waals surface area contributed by atoms with Crippen molar-refractivity contribution in [3.05, 3.63) is 48.6 Å². The number of terminal acetylenes is 6. The molecule has 4 amide bonds. The summed E-state index contributed by atoms with van der Waals surface area (Å²) in [6.07, 6.45) is 65.3. The Hall–Kier alpha value is -8.14. The molecule has 114 heavy (non-hydrogen) atoms. The highest BCUT2D eigenvalue weighted by atomic mass is 127. The summed E-state index contributed by atoms with van der Waals surface area (Å²) in [5, 5.41) is 48.2. The fourth-order valence-corrected chi connectivity index (χ4v) is 6.19. The van der Waals surface area contributed by atoms with E-state index >= 15 is 0 Å². The van der Waals surface area contributed by atoms with Crippen molar-refractivity contribution in [3.8, 4) is 74.1 Å².